The third-order valence-corrected chi connectivity index (χ3v) is 4.13. The Morgan fingerprint density at radius 3 is 2.94 bits per heavy atom. The molecule has 1 saturated heterocycles. The first-order chi connectivity index (χ1) is 7.18. The summed E-state index contributed by atoms with van der Waals surface area (Å²) >= 11 is 1.82. The minimum Gasteiger partial charge on any atom is -0.314 e. The highest BCUT2D eigenvalue weighted by atomic mass is 35.5. The molecule has 1 aliphatic heterocycles. The van der Waals surface area contributed by atoms with Gasteiger partial charge in [-0.15, -0.1) is 23.7 Å². The maximum atomic E-state index is 4.48. The Balaban J connectivity index is 0.00000128. The fourth-order valence-corrected chi connectivity index (χ4v) is 2.99. The second kappa shape index (κ2) is 5.96. The van der Waals surface area contributed by atoms with Gasteiger partial charge in [-0.1, -0.05) is 0 Å². The summed E-state index contributed by atoms with van der Waals surface area (Å²) < 4.78 is 0. The summed E-state index contributed by atoms with van der Waals surface area (Å²) in [7, 11) is 0. The number of rotatable bonds is 2. The molecule has 16 heavy (non-hydrogen) atoms. The van der Waals surface area contributed by atoms with Crippen LogP contribution in [0.15, 0.2) is 6.20 Å². The first-order valence-electron chi connectivity index (χ1n) is 5.57. The normalized spacial score (nSPS) is 23.8. The lowest BCUT2D eigenvalue weighted by atomic mass is 10.1. The van der Waals surface area contributed by atoms with Crippen molar-refractivity contribution in [1.82, 2.24) is 15.2 Å². The predicted octanol–water partition coefficient (Wildman–Crippen LogP) is 2.23. The average molecular weight is 262 g/mol. The smallest absolute Gasteiger partial charge is 0.110 e. The molecule has 1 aromatic rings. The van der Waals surface area contributed by atoms with E-state index in [1.165, 1.54) is 9.88 Å². The topological polar surface area (TPSA) is 28.2 Å². The summed E-state index contributed by atoms with van der Waals surface area (Å²) in [5.41, 5.74) is 0. The number of nitrogens with one attached hydrogen (secondary N) is 1. The molecule has 0 aromatic carbocycles. The molecule has 92 valence electrons. The number of thiazole rings is 1. The Morgan fingerprint density at radius 2 is 2.38 bits per heavy atom. The van der Waals surface area contributed by atoms with E-state index in [4.69, 9.17) is 0 Å². The molecule has 1 aliphatic rings. The van der Waals surface area contributed by atoms with Crippen molar-refractivity contribution in [2.75, 3.05) is 19.6 Å². The van der Waals surface area contributed by atoms with Crippen LogP contribution >= 0.6 is 23.7 Å². The molecule has 1 fully saturated rings. The molecular weight excluding hydrogens is 242 g/mol. The van der Waals surface area contributed by atoms with Crippen LogP contribution in [0.4, 0.5) is 0 Å². The SMILES string of the molecule is Cc1cnc(C(C)N2CCNC[C@@H]2C)s1.Cl. The first kappa shape index (κ1) is 13.9. The molecule has 0 spiro atoms. The van der Waals surface area contributed by atoms with E-state index < -0.39 is 0 Å². The van der Waals surface area contributed by atoms with Crippen LogP contribution in [-0.2, 0) is 0 Å². The third kappa shape index (κ3) is 2.94. The van der Waals surface area contributed by atoms with Crippen LogP contribution in [-0.4, -0.2) is 35.6 Å². The molecule has 2 atom stereocenters. The van der Waals surface area contributed by atoms with Gasteiger partial charge in [0.1, 0.15) is 5.01 Å². The first-order valence-corrected chi connectivity index (χ1v) is 6.39. The van der Waals surface area contributed by atoms with Gasteiger partial charge in [0.05, 0.1) is 6.04 Å². The summed E-state index contributed by atoms with van der Waals surface area (Å²) in [4.78, 5) is 8.32. The van der Waals surface area contributed by atoms with Crippen molar-refractivity contribution in [3.63, 3.8) is 0 Å². The highest BCUT2D eigenvalue weighted by Crippen LogP contribution is 2.26. The largest absolute Gasteiger partial charge is 0.314 e. The fourth-order valence-electron chi connectivity index (χ4n) is 2.14. The van der Waals surface area contributed by atoms with Crippen LogP contribution in [0.1, 0.15) is 29.8 Å². The number of halogens is 1. The second-order valence-corrected chi connectivity index (χ2v) is 5.54. The van der Waals surface area contributed by atoms with E-state index >= 15 is 0 Å². The molecule has 1 aromatic heterocycles. The Morgan fingerprint density at radius 1 is 1.62 bits per heavy atom. The Hall–Kier alpha value is -0.160. The molecule has 1 unspecified atom stereocenters. The summed E-state index contributed by atoms with van der Waals surface area (Å²) in [5.74, 6) is 0. The van der Waals surface area contributed by atoms with Crippen molar-refractivity contribution >= 4 is 23.7 Å². The number of hydrogen-bond donors (Lipinski definition) is 1. The zero-order valence-corrected chi connectivity index (χ0v) is 11.7. The lowest BCUT2D eigenvalue weighted by Gasteiger charge is -2.37. The third-order valence-electron chi connectivity index (χ3n) is 3.05. The van der Waals surface area contributed by atoms with Crippen molar-refractivity contribution in [3.8, 4) is 0 Å². The lowest BCUT2D eigenvalue weighted by molar-refractivity contribution is 0.126. The molecule has 0 bridgehead atoms. The van der Waals surface area contributed by atoms with Crippen molar-refractivity contribution in [1.29, 1.82) is 0 Å². The van der Waals surface area contributed by atoms with Gasteiger partial charge in [-0.05, 0) is 20.8 Å². The van der Waals surface area contributed by atoms with Gasteiger partial charge in [-0.2, -0.15) is 0 Å². The van der Waals surface area contributed by atoms with E-state index in [2.05, 4.69) is 36.0 Å². The van der Waals surface area contributed by atoms with Crippen molar-refractivity contribution in [3.05, 3.63) is 16.1 Å². The van der Waals surface area contributed by atoms with E-state index in [0.717, 1.165) is 19.6 Å². The standard InChI is InChI=1S/C11H19N3S.ClH/c1-8-6-12-4-5-14(8)10(3)11-13-7-9(2)15-11;/h7-8,10,12H,4-6H2,1-3H3;1H/t8-,10?;/m0./s1. The Bertz CT molecular complexity index is 329. The molecular formula is C11H20ClN3S. The maximum Gasteiger partial charge on any atom is 0.110 e. The number of nitrogens with zero attached hydrogens (tertiary/aromatic N) is 2. The van der Waals surface area contributed by atoms with Gasteiger partial charge in [-0.25, -0.2) is 4.98 Å². The quantitative estimate of drug-likeness (QED) is 0.885. The molecule has 5 heteroatoms. The Kier molecular flexibility index (Phi) is 5.18. The second-order valence-electron chi connectivity index (χ2n) is 4.28. The maximum absolute atomic E-state index is 4.48. The van der Waals surface area contributed by atoms with Crippen molar-refractivity contribution in [2.24, 2.45) is 0 Å². The number of aryl methyl sites for hydroxylation is 1. The van der Waals surface area contributed by atoms with Gasteiger partial charge in [0.15, 0.2) is 0 Å². The van der Waals surface area contributed by atoms with Gasteiger partial charge in [0, 0.05) is 36.8 Å². The van der Waals surface area contributed by atoms with Crippen LogP contribution in [0.5, 0.6) is 0 Å². The van der Waals surface area contributed by atoms with Gasteiger partial charge in [0.25, 0.3) is 0 Å². The van der Waals surface area contributed by atoms with E-state index in [1.807, 2.05) is 17.5 Å². The van der Waals surface area contributed by atoms with Crippen LogP contribution in [0, 0.1) is 6.92 Å². The zero-order valence-electron chi connectivity index (χ0n) is 10.1. The molecule has 0 aliphatic carbocycles. The monoisotopic (exact) mass is 261 g/mol. The van der Waals surface area contributed by atoms with Gasteiger partial charge in [0.2, 0.25) is 0 Å². The average Bonchev–Trinajstić information content (AvgIpc) is 2.65. The van der Waals surface area contributed by atoms with E-state index in [9.17, 15) is 0 Å². The van der Waals surface area contributed by atoms with Gasteiger partial charge < -0.3 is 5.32 Å². The van der Waals surface area contributed by atoms with Gasteiger partial charge in [-0.3, -0.25) is 4.90 Å². The molecule has 0 amide bonds. The Labute approximate surface area is 108 Å². The number of piperazine rings is 1. The van der Waals surface area contributed by atoms with Crippen LogP contribution in [0.25, 0.3) is 0 Å². The lowest BCUT2D eigenvalue weighted by Crippen LogP contribution is -2.50. The number of hydrogen-bond acceptors (Lipinski definition) is 4. The predicted molar refractivity (Wildman–Crippen MR) is 71.6 cm³/mol. The highest BCUT2D eigenvalue weighted by Gasteiger charge is 2.25. The molecule has 0 saturated carbocycles. The van der Waals surface area contributed by atoms with Crippen LogP contribution in [0.2, 0.25) is 0 Å². The summed E-state index contributed by atoms with van der Waals surface area (Å²) in [5, 5.41) is 4.67. The minimum atomic E-state index is 0. The molecule has 3 nitrogen and oxygen atoms in total. The summed E-state index contributed by atoms with van der Waals surface area (Å²) in [6.07, 6.45) is 1.98. The molecule has 2 heterocycles. The molecule has 0 radical (unpaired) electrons. The fraction of sp³-hybridized carbons (Fsp3) is 0.727. The summed E-state index contributed by atoms with van der Waals surface area (Å²) in [6.45, 7) is 9.98. The summed E-state index contributed by atoms with van der Waals surface area (Å²) in [6, 6.07) is 1.07. The molecule has 2 rings (SSSR count). The van der Waals surface area contributed by atoms with E-state index in [0.29, 0.717) is 12.1 Å². The number of aromatic nitrogens is 1. The van der Waals surface area contributed by atoms with Crippen molar-refractivity contribution < 1.29 is 0 Å². The van der Waals surface area contributed by atoms with Crippen molar-refractivity contribution in [2.45, 2.75) is 32.9 Å². The van der Waals surface area contributed by atoms with E-state index in [1.54, 1.807) is 0 Å². The van der Waals surface area contributed by atoms with E-state index in [-0.39, 0.29) is 12.4 Å². The zero-order chi connectivity index (χ0) is 10.8. The highest BCUT2D eigenvalue weighted by molar-refractivity contribution is 7.11. The minimum absolute atomic E-state index is 0. The van der Waals surface area contributed by atoms with Crippen LogP contribution < -0.4 is 5.32 Å². The van der Waals surface area contributed by atoms with Gasteiger partial charge >= 0.3 is 0 Å². The van der Waals surface area contributed by atoms with Crippen LogP contribution in [0.3, 0.4) is 0 Å². The molecule has 1 N–H and O–H groups in total.